The first kappa shape index (κ1) is 12.2. The topological polar surface area (TPSA) is 38.1 Å². The molecule has 0 atom stereocenters. The maximum atomic E-state index is 13.1. The third-order valence-electron chi connectivity index (χ3n) is 3.23. The molecule has 19 heavy (non-hydrogen) atoms. The quantitative estimate of drug-likeness (QED) is 0.809. The van der Waals surface area contributed by atoms with Crippen LogP contribution < -0.4 is 0 Å². The number of hydrogen-bond donors (Lipinski definition) is 1. The van der Waals surface area contributed by atoms with E-state index >= 15 is 0 Å². The Morgan fingerprint density at radius 1 is 1.37 bits per heavy atom. The van der Waals surface area contributed by atoms with Gasteiger partial charge in [0.1, 0.15) is 11.6 Å². The Balaban J connectivity index is 1.83. The molecule has 98 valence electrons. The Labute approximate surface area is 115 Å². The van der Waals surface area contributed by atoms with E-state index in [0.717, 1.165) is 12.4 Å². The molecule has 3 rings (SSSR count). The number of benzene rings is 1. The van der Waals surface area contributed by atoms with Gasteiger partial charge in [-0.2, -0.15) is 0 Å². The fraction of sp³-hybridized carbons (Fsp3) is 0.231. The standard InChI is InChI=1S/C13H12FN3OS/c14-10-2-1-9(7-11(10)19)13(18)17-6-5-16-4-3-15-12(16)8-17/h1-4,7,19H,5-6,8H2. The Kier molecular flexibility index (Phi) is 3.02. The summed E-state index contributed by atoms with van der Waals surface area (Å²) in [5.41, 5.74) is 0.450. The molecule has 1 aliphatic rings. The highest BCUT2D eigenvalue weighted by molar-refractivity contribution is 7.80. The Bertz CT molecular complexity index is 641. The molecule has 6 heteroatoms. The van der Waals surface area contributed by atoms with Gasteiger partial charge < -0.3 is 9.47 Å². The van der Waals surface area contributed by atoms with E-state index in [1.165, 1.54) is 18.2 Å². The van der Waals surface area contributed by atoms with Crippen molar-refractivity contribution in [1.29, 1.82) is 0 Å². The molecule has 0 N–H and O–H groups in total. The van der Waals surface area contributed by atoms with Gasteiger partial charge in [0.15, 0.2) is 0 Å². The van der Waals surface area contributed by atoms with Crippen LogP contribution in [0.1, 0.15) is 16.2 Å². The van der Waals surface area contributed by atoms with E-state index in [9.17, 15) is 9.18 Å². The molecule has 0 fully saturated rings. The van der Waals surface area contributed by atoms with Crippen LogP contribution in [0, 0.1) is 5.82 Å². The lowest BCUT2D eigenvalue weighted by molar-refractivity contribution is 0.0707. The van der Waals surface area contributed by atoms with Gasteiger partial charge in [-0.3, -0.25) is 4.79 Å². The number of nitrogens with zero attached hydrogens (tertiary/aromatic N) is 3. The lowest BCUT2D eigenvalue weighted by atomic mass is 10.2. The highest BCUT2D eigenvalue weighted by Gasteiger charge is 2.22. The number of carbonyl (C=O) groups is 1. The molecule has 0 unspecified atom stereocenters. The highest BCUT2D eigenvalue weighted by Crippen LogP contribution is 2.18. The van der Waals surface area contributed by atoms with Gasteiger partial charge in [-0.25, -0.2) is 9.37 Å². The fourth-order valence-corrected chi connectivity index (χ4v) is 2.39. The number of rotatable bonds is 1. The number of aromatic nitrogens is 2. The smallest absolute Gasteiger partial charge is 0.254 e. The Hall–Kier alpha value is -1.82. The Morgan fingerprint density at radius 3 is 3.00 bits per heavy atom. The average Bonchev–Trinajstić information content (AvgIpc) is 2.88. The number of hydrogen-bond acceptors (Lipinski definition) is 3. The second-order valence-corrected chi connectivity index (χ2v) is 4.91. The summed E-state index contributed by atoms with van der Waals surface area (Å²) in [5, 5.41) is 0. The maximum Gasteiger partial charge on any atom is 0.254 e. The van der Waals surface area contributed by atoms with Crippen molar-refractivity contribution in [2.45, 2.75) is 18.0 Å². The van der Waals surface area contributed by atoms with E-state index in [1.807, 2.05) is 10.8 Å². The fourth-order valence-electron chi connectivity index (χ4n) is 2.18. The zero-order valence-electron chi connectivity index (χ0n) is 10.1. The third-order valence-corrected chi connectivity index (χ3v) is 3.57. The number of amides is 1. The number of thiol groups is 1. The number of imidazole rings is 1. The summed E-state index contributed by atoms with van der Waals surface area (Å²) in [6.45, 7) is 1.84. The Morgan fingerprint density at radius 2 is 2.21 bits per heavy atom. The van der Waals surface area contributed by atoms with E-state index in [0.29, 0.717) is 18.7 Å². The molecule has 0 aliphatic carbocycles. The van der Waals surface area contributed by atoms with Crippen molar-refractivity contribution in [3.8, 4) is 0 Å². The van der Waals surface area contributed by atoms with Crippen LogP contribution in [0.3, 0.4) is 0 Å². The van der Waals surface area contributed by atoms with E-state index in [-0.39, 0.29) is 10.8 Å². The number of carbonyl (C=O) groups excluding carboxylic acids is 1. The molecule has 1 aliphatic heterocycles. The van der Waals surface area contributed by atoms with Crippen molar-refractivity contribution in [1.82, 2.24) is 14.5 Å². The van der Waals surface area contributed by atoms with Crippen LogP contribution in [-0.2, 0) is 13.1 Å². The van der Waals surface area contributed by atoms with Crippen molar-refractivity contribution in [3.63, 3.8) is 0 Å². The van der Waals surface area contributed by atoms with Gasteiger partial charge in [0.05, 0.1) is 6.54 Å². The highest BCUT2D eigenvalue weighted by atomic mass is 32.1. The first-order valence-corrected chi connectivity index (χ1v) is 6.37. The molecule has 1 aromatic heterocycles. The van der Waals surface area contributed by atoms with Crippen LogP contribution in [0.25, 0.3) is 0 Å². The van der Waals surface area contributed by atoms with Crippen molar-refractivity contribution >= 4 is 18.5 Å². The van der Waals surface area contributed by atoms with Crippen LogP contribution in [0.2, 0.25) is 0 Å². The summed E-state index contributed by atoms with van der Waals surface area (Å²) in [6.07, 6.45) is 3.63. The van der Waals surface area contributed by atoms with Gasteiger partial charge in [-0.15, -0.1) is 12.6 Å². The molecular weight excluding hydrogens is 265 g/mol. The summed E-state index contributed by atoms with van der Waals surface area (Å²) < 4.78 is 15.2. The molecule has 0 saturated heterocycles. The minimum absolute atomic E-state index is 0.121. The number of fused-ring (bicyclic) bond motifs is 1. The predicted molar refractivity (Wildman–Crippen MR) is 70.6 cm³/mol. The van der Waals surface area contributed by atoms with Gasteiger partial charge in [-0.05, 0) is 18.2 Å². The van der Waals surface area contributed by atoms with Gasteiger partial charge in [0.2, 0.25) is 0 Å². The van der Waals surface area contributed by atoms with Crippen molar-refractivity contribution in [2.75, 3.05) is 6.54 Å². The molecule has 2 aromatic rings. The van der Waals surface area contributed by atoms with E-state index in [2.05, 4.69) is 17.6 Å². The van der Waals surface area contributed by atoms with E-state index in [1.54, 1.807) is 11.1 Å². The van der Waals surface area contributed by atoms with Crippen LogP contribution >= 0.6 is 12.6 Å². The van der Waals surface area contributed by atoms with Gasteiger partial charge in [0, 0.05) is 35.9 Å². The van der Waals surface area contributed by atoms with Gasteiger partial charge in [-0.1, -0.05) is 0 Å². The van der Waals surface area contributed by atoms with Crippen LogP contribution in [-0.4, -0.2) is 26.9 Å². The first-order chi connectivity index (χ1) is 9.15. The van der Waals surface area contributed by atoms with Crippen molar-refractivity contribution in [2.24, 2.45) is 0 Å². The van der Waals surface area contributed by atoms with Crippen LogP contribution in [0.5, 0.6) is 0 Å². The second kappa shape index (κ2) is 4.70. The predicted octanol–water partition coefficient (Wildman–Crippen LogP) is 1.97. The minimum atomic E-state index is -0.422. The summed E-state index contributed by atoms with van der Waals surface area (Å²) in [7, 11) is 0. The molecule has 1 amide bonds. The van der Waals surface area contributed by atoms with Crippen LogP contribution in [0.4, 0.5) is 4.39 Å². The van der Waals surface area contributed by atoms with Crippen molar-refractivity contribution < 1.29 is 9.18 Å². The van der Waals surface area contributed by atoms with E-state index in [4.69, 9.17) is 0 Å². The molecule has 1 aromatic carbocycles. The number of halogens is 1. The molecular formula is C13H12FN3OS. The van der Waals surface area contributed by atoms with Gasteiger partial charge in [0.25, 0.3) is 5.91 Å². The average molecular weight is 277 g/mol. The minimum Gasteiger partial charge on any atom is -0.332 e. The lowest BCUT2D eigenvalue weighted by Crippen LogP contribution is -2.38. The molecule has 0 saturated carbocycles. The normalized spacial score (nSPS) is 14.3. The SMILES string of the molecule is O=C(c1ccc(F)c(S)c1)N1CCn2ccnc2C1. The zero-order chi connectivity index (χ0) is 13.4. The van der Waals surface area contributed by atoms with Crippen LogP contribution in [0.15, 0.2) is 35.5 Å². The summed E-state index contributed by atoms with van der Waals surface area (Å²) >= 11 is 4.00. The monoisotopic (exact) mass is 277 g/mol. The lowest BCUT2D eigenvalue weighted by Gasteiger charge is -2.27. The molecule has 0 radical (unpaired) electrons. The molecule has 2 heterocycles. The first-order valence-electron chi connectivity index (χ1n) is 5.93. The summed E-state index contributed by atoms with van der Waals surface area (Å²) in [5.74, 6) is 0.325. The zero-order valence-corrected chi connectivity index (χ0v) is 11.0. The maximum absolute atomic E-state index is 13.1. The third kappa shape index (κ3) is 2.23. The van der Waals surface area contributed by atoms with E-state index < -0.39 is 5.82 Å². The molecule has 4 nitrogen and oxygen atoms in total. The molecule has 0 bridgehead atoms. The second-order valence-electron chi connectivity index (χ2n) is 4.43. The summed E-state index contributed by atoms with van der Waals surface area (Å²) in [6, 6.07) is 4.21. The van der Waals surface area contributed by atoms with Crippen molar-refractivity contribution in [3.05, 3.63) is 47.8 Å². The largest absolute Gasteiger partial charge is 0.332 e. The summed E-state index contributed by atoms with van der Waals surface area (Å²) in [4.78, 5) is 18.4. The molecule has 0 spiro atoms. The van der Waals surface area contributed by atoms with Gasteiger partial charge >= 0.3 is 0 Å².